The highest BCUT2D eigenvalue weighted by Gasteiger charge is 1.87. The van der Waals surface area contributed by atoms with Crippen molar-refractivity contribution in [3.63, 3.8) is 0 Å². The van der Waals surface area contributed by atoms with E-state index in [0.29, 0.717) is 5.02 Å². The third-order valence-electron chi connectivity index (χ3n) is 0.630. The number of aromatic nitrogens is 1. The molecule has 1 aromatic rings. The fraction of sp³-hybridized carbons (Fsp3) is 0. The number of nitrogens with zero attached hydrogens (tertiary/aromatic N) is 1. The molecule has 0 bridgehead atoms. The first kappa shape index (κ1) is 5.51. The van der Waals surface area contributed by atoms with Gasteiger partial charge in [0.15, 0.2) is 0 Å². The summed E-state index contributed by atoms with van der Waals surface area (Å²) in [4.78, 5) is 3.22. The monoisotopic (exact) mass is 130 g/mol. The molecule has 0 spiro atoms. The summed E-state index contributed by atoms with van der Waals surface area (Å²) in [5.41, 5.74) is 0. The van der Waals surface area contributed by atoms with Gasteiger partial charge >= 0.3 is 0 Å². The standard InChI is InChI=1S/C5H2ClFN/c6-4-1-2-5(7)8-3-4/h1,3H. The fourth-order valence-electron chi connectivity index (χ4n) is 0.321. The maximum absolute atomic E-state index is 11.9. The van der Waals surface area contributed by atoms with Crippen LogP contribution in [0.4, 0.5) is 4.39 Å². The molecule has 41 valence electrons. The molecule has 1 heterocycles. The molecule has 1 nitrogen and oxygen atoms in total. The lowest BCUT2D eigenvalue weighted by Crippen LogP contribution is -1.77. The van der Waals surface area contributed by atoms with E-state index in [1.54, 1.807) is 0 Å². The third-order valence-corrected chi connectivity index (χ3v) is 0.837. The molecule has 0 atom stereocenters. The normalized spacial score (nSPS) is 9.25. The number of hydrogen-bond donors (Lipinski definition) is 0. The smallest absolute Gasteiger partial charge is 0.220 e. The van der Waals surface area contributed by atoms with Gasteiger partial charge in [0.1, 0.15) is 0 Å². The van der Waals surface area contributed by atoms with E-state index in [9.17, 15) is 4.39 Å². The summed E-state index contributed by atoms with van der Waals surface area (Å²) >= 11 is 5.35. The molecule has 1 aromatic heterocycles. The van der Waals surface area contributed by atoms with Crippen molar-refractivity contribution in [3.8, 4) is 0 Å². The molecule has 0 aliphatic heterocycles. The van der Waals surface area contributed by atoms with Crippen LogP contribution in [-0.4, -0.2) is 4.98 Å². The van der Waals surface area contributed by atoms with Crippen molar-refractivity contribution in [1.82, 2.24) is 4.98 Å². The van der Waals surface area contributed by atoms with Crippen LogP contribution in [0.15, 0.2) is 12.3 Å². The van der Waals surface area contributed by atoms with Crippen LogP contribution in [-0.2, 0) is 0 Å². The van der Waals surface area contributed by atoms with Crippen molar-refractivity contribution in [2.24, 2.45) is 0 Å². The zero-order valence-corrected chi connectivity index (χ0v) is 4.61. The van der Waals surface area contributed by atoms with Gasteiger partial charge in [-0.05, 0) is 6.07 Å². The predicted octanol–water partition coefficient (Wildman–Crippen LogP) is 1.67. The van der Waals surface area contributed by atoms with Crippen molar-refractivity contribution in [2.75, 3.05) is 0 Å². The number of pyridine rings is 1. The van der Waals surface area contributed by atoms with Crippen LogP contribution >= 0.6 is 11.6 Å². The van der Waals surface area contributed by atoms with Crippen molar-refractivity contribution in [3.05, 3.63) is 29.3 Å². The van der Waals surface area contributed by atoms with Gasteiger partial charge in [0.05, 0.1) is 5.02 Å². The highest BCUT2D eigenvalue weighted by atomic mass is 35.5. The summed E-state index contributed by atoms with van der Waals surface area (Å²) < 4.78 is 11.9. The topological polar surface area (TPSA) is 12.9 Å². The van der Waals surface area contributed by atoms with E-state index >= 15 is 0 Å². The van der Waals surface area contributed by atoms with E-state index in [1.807, 2.05) is 0 Å². The van der Waals surface area contributed by atoms with E-state index in [-0.39, 0.29) is 0 Å². The number of halogens is 2. The van der Waals surface area contributed by atoms with Crippen molar-refractivity contribution in [1.29, 1.82) is 0 Å². The Balaban J connectivity index is 3.03. The molecular formula is C5H2ClFN. The molecule has 1 radical (unpaired) electrons. The van der Waals surface area contributed by atoms with Gasteiger partial charge in [0, 0.05) is 12.3 Å². The van der Waals surface area contributed by atoms with Gasteiger partial charge in [0.2, 0.25) is 5.95 Å². The fourth-order valence-corrected chi connectivity index (χ4v) is 0.425. The van der Waals surface area contributed by atoms with Gasteiger partial charge in [-0.2, -0.15) is 4.39 Å². The SMILES string of the molecule is Fc1[c]cc(Cl)cn1. The largest absolute Gasteiger partial charge is 0.226 e. The van der Waals surface area contributed by atoms with Crippen LogP contribution < -0.4 is 0 Å². The zero-order valence-electron chi connectivity index (χ0n) is 3.86. The van der Waals surface area contributed by atoms with Crippen LogP contribution in [0.25, 0.3) is 0 Å². The second kappa shape index (κ2) is 2.09. The first-order valence-electron chi connectivity index (χ1n) is 1.98. The first-order valence-corrected chi connectivity index (χ1v) is 2.35. The molecule has 0 saturated heterocycles. The highest BCUT2D eigenvalue weighted by molar-refractivity contribution is 6.30. The minimum Gasteiger partial charge on any atom is -0.226 e. The molecule has 0 unspecified atom stereocenters. The van der Waals surface area contributed by atoms with Crippen LogP contribution in [0.3, 0.4) is 0 Å². The van der Waals surface area contributed by atoms with E-state index in [0.717, 1.165) is 0 Å². The van der Waals surface area contributed by atoms with Crippen molar-refractivity contribution < 1.29 is 4.39 Å². The lowest BCUT2D eigenvalue weighted by molar-refractivity contribution is 0.581. The summed E-state index contributed by atoms with van der Waals surface area (Å²) in [5.74, 6) is -0.630. The lowest BCUT2D eigenvalue weighted by atomic mass is 10.5. The predicted molar refractivity (Wildman–Crippen MR) is 28.0 cm³/mol. The molecule has 0 amide bonds. The Hall–Kier alpha value is -0.630. The minimum absolute atomic E-state index is 0.395. The van der Waals surface area contributed by atoms with Gasteiger partial charge in [-0.15, -0.1) is 0 Å². The Kier molecular flexibility index (Phi) is 1.44. The molecule has 1 rings (SSSR count). The van der Waals surface area contributed by atoms with Gasteiger partial charge in [-0.3, -0.25) is 0 Å². The van der Waals surface area contributed by atoms with Gasteiger partial charge < -0.3 is 0 Å². The Morgan fingerprint density at radius 3 is 2.88 bits per heavy atom. The Morgan fingerprint density at radius 2 is 2.50 bits per heavy atom. The van der Waals surface area contributed by atoms with Crippen molar-refractivity contribution >= 4 is 11.6 Å². The third kappa shape index (κ3) is 1.17. The summed E-state index contributed by atoms with van der Waals surface area (Å²) in [6.45, 7) is 0. The second-order valence-corrected chi connectivity index (χ2v) is 1.66. The highest BCUT2D eigenvalue weighted by Crippen LogP contribution is 2.03. The van der Waals surface area contributed by atoms with Crippen LogP contribution in [0.5, 0.6) is 0 Å². The quantitative estimate of drug-likeness (QED) is 0.487. The van der Waals surface area contributed by atoms with Crippen molar-refractivity contribution in [2.45, 2.75) is 0 Å². The summed E-state index contributed by atoms with van der Waals surface area (Å²) in [6, 6.07) is 3.51. The van der Waals surface area contributed by atoms with Crippen LogP contribution in [0.1, 0.15) is 0 Å². The Morgan fingerprint density at radius 1 is 1.75 bits per heavy atom. The van der Waals surface area contributed by atoms with E-state index in [2.05, 4.69) is 11.1 Å². The molecule has 0 saturated carbocycles. The molecule has 0 aliphatic rings. The zero-order chi connectivity index (χ0) is 5.98. The molecule has 0 fully saturated rings. The van der Waals surface area contributed by atoms with Gasteiger partial charge in [-0.1, -0.05) is 11.6 Å². The lowest BCUT2D eigenvalue weighted by Gasteiger charge is -1.83. The average molecular weight is 131 g/mol. The second-order valence-electron chi connectivity index (χ2n) is 1.22. The van der Waals surface area contributed by atoms with Gasteiger partial charge in [0.25, 0.3) is 0 Å². The first-order chi connectivity index (χ1) is 3.79. The molecular weight excluding hydrogens is 129 g/mol. The molecule has 8 heavy (non-hydrogen) atoms. The molecule has 0 N–H and O–H groups in total. The number of rotatable bonds is 0. The summed E-state index contributed by atoms with van der Waals surface area (Å²) in [5, 5.41) is 0.395. The minimum atomic E-state index is -0.630. The maximum atomic E-state index is 11.9. The molecule has 0 aromatic carbocycles. The van der Waals surface area contributed by atoms with E-state index in [4.69, 9.17) is 11.6 Å². The Bertz CT molecular complexity index is 151. The summed E-state index contributed by atoms with van der Waals surface area (Å²) in [6.07, 6.45) is 1.23. The summed E-state index contributed by atoms with van der Waals surface area (Å²) in [7, 11) is 0. The average Bonchev–Trinajstić information content (AvgIpc) is 1.77. The van der Waals surface area contributed by atoms with E-state index < -0.39 is 5.95 Å². The number of hydrogen-bond acceptors (Lipinski definition) is 1. The van der Waals surface area contributed by atoms with Crippen LogP contribution in [0.2, 0.25) is 5.02 Å². The van der Waals surface area contributed by atoms with Crippen LogP contribution in [0, 0.1) is 12.0 Å². The van der Waals surface area contributed by atoms with E-state index in [1.165, 1.54) is 12.3 Å². The Labute approximate surface area is 51.1 Å². The van der Waals surface area contributed by atoms with Gasteiger partial charge in [-0.25, -0.2) is 4.98 Å². The molecule has 3 heteroatoms. The molecule has 0 aliphatic carbocycles. The maximum Gasteiger partial charge on any atom is 0.220 e.